The zero-order valence-electron chi connectivity index (χ0n) is 11.8. The van der Waals surface area contributed by atoms with Crippen LogP contribution in [-0.4, -0.2) is 36.4 Å². The molecule has 0 aliphatic rings. The van der Waals surface area contributed by atoms with Gasteiger partial charge in [-0.15, -0.1) is 10.2 Å². The molecule has 0 bridgehead atoms. The fraction of sp³-hybridized carbons (Fsp3) is 0.357. The summed E-state index contributed by atoms with van der Waals surface area (Å²) < 4.78 is 10.1. The van der Waals surface area contributed by atoms with Gasteiger partial charge in [-0.05, 0) is 30.7 Å². The Balaban J connectivity index is 1.79. The van der Waals surface area contributed by atoms with Crippen molar-refractivity contribution in [3.05, 3.63) is 42.0 Å². The summed E-state index contributed by atoms with van der Waals surface area (Å²) in [4.78, 5) is 11.8. The summed E-state index contributed by atoms with van der Waals surface area (Å²) in [5.41, 5.74) is 0.288. The lowest BCUT2D eigenvalue weighted by Gasteiger charge is -2.05. The summed E-state index contributed by atoms with van der Waals surface area (Å²) in [5, 5.41) is 13.7. The maximum absolute atomic E-state index is 11.8. The number of methoxy groups -OCH3 is 1. The van der Waals surface area contributed by atoms with Crippen molar-refractivity contribution < 1.29 is 13.9 Å². The number of anilines is 1. The maximum atomic E-state index is 11.8. The van der Waals surface area contributed by atoms with E-state index >= 15 is 0 Å². The van der Waals surface area contributed by atoms with E-state index in [1.54, 1.807) is 25.5 Å². The quantitative estimate of drug-likeness (QED) is 0.715. The number of furan rings is 1. The van der Waals surface area contributed by atoms with Gasteiger partial charge in [-0.1, -0.05) is 0 Å². The zero-order chi connectivity index (χ0) is 14.9. The molecule has 0 spiro atoms. The van der Waals surface area contributed by atoms with Crippen LogP contribution in [0.15, 0.2) is 34.9 Å². The van der Waals surface area contributed by atoms with Crippen LogP contribution in [0.4, 0.5) is 5.82 Å². The number of amides is 1. The summed E-state index contributed by atoms with van der Waals surface area (Å²) in [7, 11) is 1.63. The van der Waals surface area contributed by atoms with Crippen LogP contribution >= 0.6 is 0 Å². The third-order valence-electron chi connectivity index (χ3n) is 2.73. The second-order valence-corrected chi connectivity index (χ2v) is 4.34. The Labute approximate surface area is 122 Å². The maximum Gasteiger partial charge on any atom is 0.271 e. The average molecular weight is 290 g/mol. The molecule has 0 fully saturated rings. The van der Waals surface area contributed by atoms with Gasteiger partial charge >= 0.3 is 0 Å². The molecule has 2 aromatic heterocycles. The van der Waals surface area contributed by atoms with Crippen LogP contribution in [0.5, 0.6) is 0 Å². The highest BCUT2D eigenvalue weighted by Gasteiger charge is 2.07. The third kappa shape index (κ3) is 4.88. The standard InChI is InChI=1S/C14H18N4O3/c1-20-8-3-7-15-14(19)12-5-6-13(18-17-12)16-10-11-4-2-9-21-11/h2,4-6,9H,3,7-8,10H2,1H3,(H,15,19)(H,16,18). The minimum absolute atomic E-state index is 0.240. The molecule has 1 amide bonds. The van der Waals surface area contributed by atoms with Crippen molar-refractivity contribution >= 4 is 11.7 Å². The Morgan fingerprint density at radius 2 is 2.24 bits per heavy atom. The monoisotopic (exact) mass is 290 g/mol. The van der Waals surface area contributed by atoms with Gasteiger partial charge in [0.1, 0.15) is 11.6 Å². The van der Waals surface area contributed by atoms with Crippen molar-refractivity contribution in [1.82, 2.24) is 15.5 Å². The number of hydrogen-bond donors (Lipinski definition) is 2. The van der Waals surface area contributed by atoms with Crippen molar-refractivity contribution in [3.63, 3.8) is 0 Å². The van der Waals surface area contributed by atoms with Crippen LogP contribution in [0, 0.1) is 0 Å². The van der Waals surface area contributed by atoms with E-state index in [2.05, 4.69) is 20.8 Å². The van der Waals surface area contributed by atoms with Gasteiger partial charge in [0.25, 0.3) is 5.91 Å². The molecule has 0 aliphatic carbocycles. The van der Waals surface area contributed by atoms with Crippen molar-refractivity contribution in [3.8, 4) is 0 Å². The van der Waals surface area contributed by atoms with Crippen molar-refractivity contribution in [2.45, 2.75) is 13.0 Å². The molecule has 2 rings (SSSR count). The molecule has 0 saturated heterocycles. The number of hydrogen-bond acceptors (Lipinski definition) is 6. The second-order valence-electron chi connectivity index (χ2n) is 4.34. The second kappa shape index (κ2) is 8.01. The predicted octanol–water partition coefficient (Wildman–Crippen LogP) is 1.45. The summed E-state index contributed by atoms with van der Waals surface area (Å²) in [6.45, 7) is 1.68. The molecule has 7 nitrogen and oxygen atoms in total. The SMILES string of the molecule is COCCCNC(=O)c1ccc(NCc2ccco2)nn1. The highest BCUT2D eigenvalue weighted by Crippen LogP contribution is 2.06. The summed E-state index contributed by atoms with van der Waals surface area (Å²) in [5.74, 6) is 1.15. The van der Waals surface area contributed by atoms with Crippen LogP contribution in [0.1, 0.15) is 22.7 Å². The van der Waals surface area contributed by atoms with E-state index in [1.165, 1.54) is 0 Å². The topological polar surface area (TPSA) is 89.3 Å². The summed E-state index contributed by atoms with van der Waals surface area (Å²) in [6, 6.07) is 7.02. The third-order valence-corrected chi connectivity index (χ3v) is 2.73. The number of rotatable bonds is 8. The first-order valence-electron chi connectivity index (χ1n) is 6.66. The summed E-state index contributed by atoms with van der Waals surface area (Å²) in [6.07, 6.45) is 2.37. The highest BCUT2D eigenvalue weighted by molar-refractivity contribution is 5.92. The Hall–Kier alpha value is -2.41. The van der Waals surface area contributed by atoms with E-state index in [9.17, 15) is 4.79 Å². The number of carbonyl (C=O) groups is 1. The summed E-state index contributed by atoms with van der Waals surface area (Å²) >= 11 is 0. The van der Waals surface area contributed by atoms with Gasteiger partial charge in [-0.3, -0.25) is 4.79 Å². The van der Waals surface area contributed by atoms with E-state index in [-0.39, 0.29) is 11.6 Å². The molecule has 0 aromatic carbocycles. The first kappa shape index (κ1) is 15.0. The number of aromatic nitrogens is 2. The molecule has 2 N–H and O–H groups in total. The highest BCUT2D eigenvalue weighted by atomic mass is 16.5. The van der Waals surface area contributed by atoms with Crippen LogP contribution < -0.4 is 10.6 Å². The Kier molecular flexibility index (Phi) is 5.71. The first-order valence-corrected chi connectivity index (χ1v) is 6.66. The van der Waals surface area contributed by atoms with Gasteiger partial charge in [-0.2, -0.15) is 0 Å². The fourth-order valence-electron chi connectivity index (χ4n) is 1.65. The lowest BCUT2D eigenvalue weighted by molar-refractivity contribution is 0.0942. The number of nitrogens with one attached hydrogen (secondary N) is 2. The molecule has 0 unspecified atom stereocenters. The van der Waals surface area contributed by atoms with Crippen LogP contribution in [-0.2, 0) is 11.3 Å². The van der Waals surface area contributed by atoms with E-state index in [1.807, 2.05) is 12.1 Å². The van der Waals surface area contributed by atoms with Crippen LogP contribution in [0.3, 0.4) is 0 Å². The molecule has 112 valence electrons. The van der Waals surface area contributed by atoms with Crippen molar-refractivity contribution in [1.29, 1.82) is 0 Å². The van der Waals surface area contributed by atoms with Gasteiger partial charge < -0.3 is 19.8 Å². The molecular weight excluding hydrogens is 272 g/mol. The molecule has 2 heterocycles. The normalized spacial score (nSPS) is 10.3. The van der Waals surface area contributed by atoms with Gasteiger partial charge in [0, 0.05) is 20.3 Å². The number of carbonyl (C=O) groups excluding carboxylic acids is 1. The number of nitrogens with zero attached hydrogens (tertiary/aromatic N) is 2. The lowest BCUT2D eigenvalue weighted by Crippen LogP contribution is -2.26. The molecule has 0 radical (unpaired) electrons. The van der Waals surface area contributed by atoms with E-state index in [0.29, 0.717) is 25.5 Å². The van der Waals surface area contributed by atoms with Crippen molar-refractivity contribution in [2.24, 2.45) is 0 Å². The molecule has 2 aromatic rings. The predicted molar refractivity (Wildman–Crippen MR) is 76.9 cm³/mol. The smallest absolute Gasteiger partial charge is 0.271 e. The van der Waals surface area contributed by atoms with Gasteiger partial charge in [0.05, 0.1) is 12.8 Å². The van der Waals surface area contributed by atoms with E-state index in [4.69, 9.17) is 9.15 Å². The van der Waals surface area contributed by atoms with Gasteiger partial charge in [0.15, 0.2) is 5.69 Å². The molecule has 21 heavy (non-hydrogen) atoms. The largest absolute Gasteiger partial charge is 0.467 e. The minimum atomic E-state index is -0.240. The Morgan fingerprint density at radius 1 is 1.33 bits per heavy atom. The molecular formula is C14H18N4O3. The minimum Gasteiger partial charge on any atom is -0.467 e. The zero-order valence-corrected chi connectivity index (χ0v) is 11.8. The molecule has 7 heteroatoms. The number of ether oxygens (including phenoxy) is 1. The van der Waals surface area contributed by atoms with Crippen LogP contribution in [0.25, 0.3) is 0 Å². The van der Waals surface area contributed by atoms with E-state index in [0.717, 1.165) is 12.2 Å². The fourth-order valence-corrected chi connectivity index (χ4v) is 1.65. The molecule has 0 aliphatic heterocycles. The first-order chi connectivity index (χ1) is 10.3. The van der Waals surface area contributed by atoms with Gasteiger partial charge in [-0.25, -0.2) is 0 Å². The molecule has 0 saturated carbocycles. The van der Waals surface area contributed by atoms with E-state index < -0.39 is 0 Å². The Bertz CT molecular complexity index is 540. The Morgan fingerprint density at radius 3 is 2.90 bits per heavy atom. The molecule has 0 atom stereocenters. The van der Waals surface area contributed by atoms with Crippen LogP contribution in [0.2, 0.25) is 0 Å². The van der Waals surface area contributed by atoms with Crippen molar-refractivity contribution in [2.75, 3.05) is 25.6 Å². The van der Waals surface area contributed by atoms with Gasteiger partial charge in [0.2, 0.25) is 0 Å². The lowest BCUT2D eigenvalue weighted by atomic mass is 10.3. The average Bonchev–Trinajstić information content (AvgIpc) is 3.03.